The smallest absolute Gasteiger partial charge is 0.261 e. The van der Waals surface area contributed by atoms with Gasteiger partial charge < -0.3 is 0 Å². The molecule has 0 radical (unpaired) electrons. The van der Waals surface area contributed by atoms with Gasteiger partial charge in [-0.3, -0.25) is 14.5 Å². The summed E-state index contributed by atoms with van der Waals surface area (Å²) in [7, 11) is 0. The normalized spacial score (nSPS) is 14.1. The van der Waals surface area contributed by atoms with E-state index >= 15 is 0 Å². The molecule has 100 valence electrons. The zero-order valence-electron chi connectivity index (χ0n) is 10.5. The highest BCUT2D eigenvalue weighted by atomic mass is 35.5. The van der Waals surface area contributed by atoms with Gasteiger partial charge in [-0.25, -0.2) is 4.98 Å². The fourth-order valence-electron chi connectivity index (χ4n) is 2.27. The number of halogens is 1. The van der Waals surface area contributed by atoms with E-state index in [2.05, 4.69) is 4.98 Å². The summed E-state index contributed by atoms with van der Waals surface area (Å²) >= 11 is 5.82. The lowest BCUT2D eigenvalue weighted by molar-refractivity contribution is 0.0604. The molecule has 0 spiro atoms. The van der Waals surface area contributed by atoms with Crippen LogP contribution in [0.1, 0.15) is 26.3 Å². The zero-order chi connectivity index (χ0) is 14.1. The van der Waals surface area contributed by atoms with Gasteiger partial charge >= 0.3 is 0 Å². The summed E-state index contributed by atoms with van der Waals surface area (Å²) in [5, 5.41) is 0.256. The van der Waals surface area contributed by atoms with E-state index < -0.39 is 0 Å². The number of aromatic nitrogens is 1. The van der Waals surface area contributed by atoms with Gasteiger partial charge in [-0.1, -0.05) is 29.8 Å². The van der Waals surface area contributed by atoms with Crippen molar-refractivity contribution in [1.29, 1.82) is 0 Å². The maximum atomic E-state index is 12.4. The van der Waals surface area contributed by atoms with Gasteiger partial charge in [0.25, 0.3) is 11.8 Å². The Morgan fingerprint density at radius 3 is 2.75 bits per heavy atom. The summed E-state index contributed by atoms with van der Waals surface area (Å²) in [5.41, 5.74) is 1.79. The predicted octanol–water partition coefficient (Wildman–Crippen LogP) is 2.57. The van der Waals surface area contributed by atoms with Crippen molar-refractivity contribution < 1.29 is 9.59 Å². The molecule has 1 aromatic heterocycles. The van der Waals surface area contributed by atoms with E-state index in [9.17, 15) is 9.59 Å². The fourth-order valence-corrected chi connectivity index (χ4v) is 2.42. The van der Waals surface area contributed by atoms with Crippen molar-refractivity contribution in [2.45, 2.75) is 6.42 Å². The topological polar surface area (TPSA) is 50.3 Å². The summed E-state index contributed by atoms with van der Waals surface area (Å²) in [6.07, 6.45) is 2.20. The third-order valence-corrected chi connectivity index (χ3v) is 3.51. The van der Waals surface area contributed by atoms with Crippen LogP contribution in [0.2, 0.25) is 5.15 Å². The number of hydrogen-bond acceptors (Lipinski definition) is 3. The molecule has 0 fully saturated rings. The summed E-state index contributed by atoms with van der Waals surface area (Å²) < 4.78 is 0. The monoisotopic (exact) mass is 286 g/mol. The van der Waals surface area contributed by atoms with Crippen molar-refractivity contribution in [3.63, 3.8) is 0 Å². The van der Waals surface area contributed by atoms with E-state index in [-0.39, 0.29) is 17.0 Å². The Morgan fingerprint density at radius 1 is 1.25 bits per heavy atom. The van der Waals surface area contributed by atoms with Gasteiger partial charge in [0.2, 0.25) is 0 Å². The second-order valence-electron chi connectivity index (χ2n) is 4.54. The molecular formula is C15H11ClN2O2. The quantitative estimate of drug-likeness (QED) is 0.598. The average Bonchev–Trinajstić information content (AvgIpc) is 2.48. The molecule has 1 aliphatic rings. The Balaban J connectivity index is 1.94. The molecule has 2 aromatic rings. The zero-order valence-corrected chi connectivity index (χ0v) is 11.3. The van der Waals surface area contributed by atoms with Gasteiger partial charge in [0.05, 0.1) is 0 Å². The van der Waals surface area contributed by atoms with Gasteiger partial charge in [0, 0.05) is 23.9 Å². The molecule has 1 aliphatic heterocycles. The molecule has 3 rings (SSSR count). The number of fused-ring (bicyclic) bond motifs is 1. The molecule has 0 bridgehead atoms. The number of pyridine rings is 1. The number of imide groups is 1. The van der Waals surface area contributed by atoms with Gasteiger partial charge in [-0.15, -0.1) is 0 Å². The summed E-state index contributed by atoms with van der Waals surface area (Å²) in [6.45, 7) is 0.364. The van der Waals surface area contributed by atoms with E-state index in [0.29, 0.717) is 24.1 Å². The highest BCUT2D eigenvalue weighted by Crippen LogP contribution is 2.22. The molecule has 0 saturated heterocycles. The summed E-state index contributed by atoms with van der Waals surface area (Å²) in [5.74, 6) is -0.599. The molecule has 0 atom stereocenters. The van der Waals surface area contributed by atoms with Crippen LogP contribution in [0, 0.1) is 0 Å². The lowest BCUT2D eigenvalue weighted by atomic mass is 10.0. The minimum absolute atomic E-state index is 0.256. The minimum atomic E-state index is -0.315. The van der Waals surface area contributed by atoms with Gasteiger partial charge in [-0.05, 0) is 30.2 Å². The Labute approximate surface area is 121 Å². The fraction of sp³-hybridized carbons (Fsp3) is 0.133. The number of carbonyl (C=O) groups is 2. The number of rotatable bonds is 1. The van der Waals surface area contributed by atoms with Crippen LogP contribution < -0.4 is 0 Å². The predicted molar refractivity (Wildman–Crippen MR) is 74.8 cm³/mol. The number of hydrogen-bond donors (Lipinski definition) is 0. The third-order valence-electron chi connectivity index (χ3n) is 3.30. The molecule has 4 nitrogen and oxygen atoms in total. The molecule has 0 saturated carbocycles. The molecule has 20 heavy (non-hydrogen) atoms. The highest BCUT2D eigenvalue weighted by molar-refractivity contribution is 6.30. The molecule has 0 aliphatic carbocycles. The lowest BCUT2D eigenvalue weighted by Gasteiger charge is -2.26. The molecule has 2 heterocycles. The Morgan fingerprint density at radius 2 is 2.00 bits per heavy atom. The van der Waals surface area contributed by atoms with E-state index in [4.69, 9.17) is 11.6 Å². The Hall–Kier alpha value is -2.20. The molecule has 5 heteroatoms. The van der Waals surface area contributed by atoms with Crippen LogP contribution in [0.25, 0.3) is 0 Å². The SMILES string of the molecule is O=C(c1ccccc1)N1CCc2cnc(Cl)cc2C1=O. The van der Waals surface area contributed by atoms with Crippen LogP contribution in [0.5, 0.6) is 0 Å². The van der Waals surface area contributed by atoms with Gasteiger partial charge in [0.15, 0.2) is 0 Å². The average molecular weight is 287 g/mol. The Kier molecular flexibility index (Phi) is 3.24. The standard InChI is InChI=1S/C15H11ClN2O2/c16-13-8-12-11(9-17-13)6-7-18(15(12)20)14(19)10-4-2-1-3-5-10/h1-5,8-9H,6-7H2. The van der Waals surface area contributed by atoms with Gasteiger partial charge in [0.1, 0.15) is 5.15 Å². The van der Waals surface area contributed by atoms with Crippen molar-refractivity contribution in [2.24, 2.45) is 0 Å². The van der Waals surface area contributed by atoms with Crippen LogP contribution in [-0.2, 0) is 6.42 Å². The first-order valence-corrected chi connectivity index (χ1v) is 6.60. The number of nitrogens with zero attached hydrogens (tertiary/aromatic N) is 2. The first-order valence-electron chi connectivity index (χ1n) is 6.22. The molecular weight excluding hydrogens is 276 g/mol. The third kappa shape index (κ3) is 2.18. The number of amides is 2. The maximum absolute atomic E-state index is 12.4. The van der Waals surface area contributed by atoms with Crippen molar-refractivity contribution in [3.05, 3.63) is 64.4 Å². The lowest BCUT2D eigenvalue weighted by Crippen LogP contribution is -2.42. The highest BCUT2D eigenvalue weighted by Gasteiger charge is 2.30. The first-order chi connectivity index (χ1) is 9.66. The van der Waals surface area contributed by atoms with Crippen LogP contribution in [0.3, 0.4) is 0 Å². The second-order valence-corrected chi connectivity index (χ2v) is 4.93. The largest absolute Gasteiger partial charge is 0.274 e. The molecule has 1 aromatic carbocycles. The van der Waals surface area contributed by atoms with Crippen molar-refractivity contribution in [1.82, 2.24) is 9.88 Å². The van der Waals surface area contributed by atoms with E-state index in [1.54, 1.807) is 30.5 Å². The van der Waals surface area contributed by atoms with Crippen LogP contribution >= 0.6 is 11.6 Å². The molecule has 0 N–H and O–H groups in total. The van der Waals surface area contributed by atoms with Crippen molar-refractivity contribution in [3.8, 4) is 0 Å². The summed E-state index contributed by atoms with van der Waals surface area (Å²) in [4.78, 5) is 30.0. The van der Waals surface area contributed by atoms with E-state index in [0.717, 1.165) is 5.56 Å². The van der Waals surface area contributed by atoms with Crippen LogP contribution in [0.15, 0.2) is 42.6 Å². The van der Waals surface area contributed by atoms with Crippen molar-refractivity contribution in [2.75, 3.05) is 6.54 Å². The second kappa shape index (κ2) is 5.06. The minimum Gasteiger partial charge on any atom is -0.274 e. The van der Waals surface area contributed by atoms with Crippen LogP contribution in [-0.4, -0.2) is 28.2 Å². The van der Waals surface area contributed by atoms with E-state index in [1.165, 1.54) is 11.0 Å². The summed E-state index contributed by atoms with van der Waals surface area (Å²) in [6, 6.07) is 10.3. The molecule has 2 amide bonds. The Bertz CT molecular complexity index is 686. The number of carbonyl (C=O) groups excluding carboxylic acids is 2. The molecule has 0 unspecified atom stereocenters. The maximum Gasteiger partial charge on any atom is 0.261 e. The first kappa shape index (κ1) is 12.8. The van der Waals surface area contributed by atoms with Gasteiger partial charge in [-0.2, -0.15) is 0 Å². The van der Waals surface area contributed by atoms with E-state index in [1.807, 2.05) is 6.07 Å². The van der Waals surface area contributed by atoms with Crippen molar-refractivity contribution >= 4 is 23.4 Å². The number of benzene rings is 1. The van der Waals surface area contributed by atoms with Crippen LogP contribution in [0.4, 0.5) is 0 Å².